The van der Waals surface area contributed by atoms with E-state index in [0.717, 1.165) is 35.2 Å². The van der Waals surface area contributed by atoms with E-state index in [-0.39, 0.29) is 0 Å². The second kappa shape index (κ2) is 8.70. The first kappa shape index (κ1) is 15.9. The average molecular weight is 371 g/mol. The fourth-order valence-electron chi connectivity index (χ4n) is 1.76. The molecule has 0 fully saturated rings. The Morgan fingerprint density at radius 1 is 0.714 bits per heavy atom. The number of aromatic nitrogens is 4. The molecule has 0 atom stereocenters. The first-order chi connectivity index (χ1) is 10.3. The number of nitrogens with one attached hydrogen (secondary N) is 2. The molecule has 113 valence electrons. The van der Waals surface area contributed by atoms with Crippen LogP contribution in [0.2, 0.25) is 0 Å². The number of imidazole rings is 2. The van der Waals surface area contributed by atoms with E-state index in [9.17, 15) is 0 Å². The number of rotatable bonds is 0. The first-order valence-corrected chi connectivity index (χ1v) is 8.51. The normalized spacial score (nSPS) is 9.81. The Morgan fingerprint density at radius 3 is 1.48 bits per heavy atom. The van der Waals surface area contributed by atoms with Crippen LogP contribution in [0.1, 0.15) is 0 Å². The van der Waals surface area contributed by atoms with E-state index in [1.165, 1.54) is 0 Å². The summed E-state index contributed by atoms with van der Waals surface area (Å²) in [5.74, 6) is 0. The summed E-state index contributed by atoms with van der Waals surface area (Å²) >= 11 is 0.757. The van der Waals surface area contributed by atoms with E-state index in [1.54, 1.807) is 12.7 Å². The molecular formula is C14H12Cl2CuN4. The maximum Gasteiger partial charge on any atom is 0.0931 e. The molecule has 0 unspecified atom stereocenters. The monoisotopic (exact) mass is 369 g/mol. The van der Waals surface area contributed by atoms with Gasteiger partial charge >= 0.3 is 33.3 Å². The van der Waals surface area contributed by atoms with Gasteiger partial charge in [-0.05, 0) is 24.3 Å². The SMILES string of the molecule is [Cl][Cu][Cl].c1ccc2[nH]cnc2c1.c1ccc2[nH]cnc2c1. The molecule has 2 N–H and O–H groups in total. The zero-order chi connectivity index (χ0) is 14.9. The maximum absolute atomic E-state index is 4.67. The predicted octanol–water partition coefficient (Wildman–Crippen LogP) is 4.50. The second-order valence-electron chi connectivity index (χ2n) is 3.88. The van der Waals surface area contributed by atoms with Gasteiger partial charge in [0.25, 0.3) is 0 Å². The molecule has 0 bridgehead atoms. The Morgan fingerprint density at radius 2 is 1.10 bits per heavy atom. The van der Waals surface area contributed by atoms with Crippen molar-refractivity contribution >= 4 is 42.3 Å². The minimum atomic E-state index is 0.757. The van der Waals surface area contributed by atoms with Crippen molar-refractivity contribution in [3.63, 3.8) is 0 Å². The third-order valence-corrected chi connectivity index (χ3v) is 2.66. The van der Waals surface area contributed by atoms with Crippen molar-refractivity contribution in [1.82, 2.24) is 19.9 Å². The standard InChI is InChI=1S/2C7H6N2.2ClH.Cu/c2*1-2-4-7-6(3-1)8-5-9-7;;;/h2*1-5H,(H,8,9);2*1H;/q;;;;+2/p-2. The summed E-state index contributed by atoms with van der Waals surface area (Å²) in [6, 6.07) is 15.9. The van der Waals surface area contributed by atoms with E-state index in [2.05, 4.69) is 40.1 Å². The minimum Gasteiger partial charge on any atom is -0.345 e. The number of nitrogens with zero attached hydrogens (tertiary/aromatic N) is 2. The molecule has 0 aliphatic rings. The molecule has 4 nitrogen and oxygen atoms in total. The van der Waals surface area contributed by atoms with Crippen molar-refractivity contribution in [3.05, 3.63) is 61.2 Å². The van der Waals surface area contributed by atoms with E-state index in [1.807, 2.05) is 48.5 Å². The van der Waals surface area contributed by atoms with Crippen LogP contribution in [0.3, 0.4) is 0 Å². The van der Waals surface area contributed by atoms with Gasteiger partial charge in [0.1, 0.15) is 0 Å². The number of benzene rings is 2. The van der Waals surface area contributed by atoms with Crippen molar-refractivity contribution < 1.29 is 13.1 Å². The quantitative estimate of drug-likeness (QED) is 0.448. The van der Waals surface area contributed by atoms with Crippen LogP contribution in [0.25, 0.3) is 22.1 Å². The molecule has 2 aromatic heterocycles. The molecule has 0 saturated carbocycles. The smallest absolute Gasteiger partial charge is 0.0931 e. The largest absolute Gasteiger partial charge is 0.345 e. The predicted molar refractivity (Wildman–Crippen MR) is 83.9 cm³/mol. The summed E-state index contributed by atoms with van der Waals surface area (Å²) in [4.78, 5) is 14.1. The fraction of sp³-hybridized carbons (Fsp3) is 0. The Bertz CT molecular complexity index is 658. The molecule has 4 aromatic rings. The van der Waals surface area contributed by atoms with E-state index >= 15 is 0 Å². The summed E-state index contributed by atoms with van der Waals surface area (Å²) < 4.78 is 0. The van der Waals surface area contributed by atoms with Gasteiger partial charge < -0.3 is 9.97 Å². The van der Waals surface area contributed by atoms with Crippen molar-refractivity contribution in [2.24, 2.45) is 0 Å². The number of hydrogen-bond acceptors (Lipinski definition) is 2. The third-order valence-electron chi connectivity index (χ3n) is 2.66. The molecule has 0 saturated heterocycles. The molecule has 0 aliphatic carbocycles. The first-order valence-electron chi connectivity index (χ1n) is 5.92. The molecule has 0 aliphatic heterocycles. The van der Waals surface area contributed by atoms with Gasteiger partial charge in [-0.15, -0.1) is 0 Å². The molecule has 4 rings (SSSR count). The number of para-hydroxylation sites is 4. The Hall–Kier alpha value is -1.52. The fourth-order valence-corrected chi connectivity index (χ4v) is 1.76. The number of hydrogen-bond donors (Lipinski definition) is 2. The summed E-state index contributed by atoms with van der Waals surface area (Å²) in [6.45, 7) is 0. The van der Waals surface area contributed by atoms with Crippen molar-refractivity contribution in [1.29, 1.82) is 0 Å². The number of aromatic amines is 2. The van der Waals surface area contributed by atoms with Gasteiger partial charge in [0.2, 0.25) is 0 Å². The zero-order valence-electron chi connectivity index (χ0n) is 10.7. The van der Waals surface area contributed by atoms with Gasteiger partial charge in [0.15, 0.2) is 0 Å². The topological polar surface area (TPSA) is 57.4 Å². The molecule has 0 amide bonds. The van der Waals surface area contributed by atoms with Crippen LogP contribution in [0.4, 0.5) is 0 Å². The second-order valence-corrected chi connectivity index (χ2v) is 5.44. The van der Waals surface area contributed by atoms with Crippen LogP contribution in [-0.4, -0.2) is 19.9 Å². The number of fused-ring (bicyclic) bond motifs is 2. The summed E-state index contributed by atoms with van der Waals surface area (Å²) in [5.41, 5.74) is 4.24. The van der Waals surface area contributed by atoms with Crippen LogP contribution in [0.5, 0.6) is 0 Å². The molecule has 0 spiro atoms. The Balaban J connectivity index is 0.000000130. The van der Waals surface area contributed by atoms with Crippen LogP contribution >= 0.6 is 20.2 Å². The van der Waals surface area contributed by atoms with Crippen molar-refractivity contribution in [2.75, 3.05) is 0 Å². The maximum atomic E-state index is 4.67. The zero-order valence-corrected chi connectivity index (χ0v) is 13.2. The van der Waals surface area contributed by atoms with Crippen LogP contribution in [0.15, 0.2) is 61.2 Å². The average Bonchev–Trinajstić information content (AvgIpc) is 3.17. The van der Waals surface area contributed by atoms with E-state index < -0.39 is 0 Å². The minimum absolute atomic E-state index is 0.757. The molecule has 2 heterocycles. The summed E-state index contributed by atoms with van der Waals surface area (Å²) in [7, 11) is 9.34. The van der Waals surface area contributed by atoms with Gasteiger partial charge in [-0.3, -0.25) is 0 Å². The van der Waals surface area contributed by atoms with Gasteiger partial charge in [0, 0.05) is 0 Å². The van der Waals surface area contributed by atoms with Gasteiger partial charge in [-0.1, -0.05) is 24.3 Å². The van der Waals surface area contributed by atoms with Crippen molar-refractivity contribution in [2.45, 2.75) is 0 Å². The molecule has 2 aromatic carbocycles. The molecule has 0 radical (unpaired) electrons. The molecule has 7 heteroatoms. The van der Waals surface area contributed by atoms with Crippen LogP contribution in [0, 0.1) is 0 Å². The van der Waals surface area contributed by atoms with Gasteiger partial charge in [-0.25, -0.2) is 9.97 Å². The van der Waals surface area contributed by atoms with Crippen LogP contribution in [-0.2, 0) is 13.1 Å². The number of H-pyrrole nitrogens is 2. The van der Waals surface area contributed by atoms with E-state index in [0.29, 0.717) is 0 Å². The van der Waals surface area contributed by atoms with Gasteiger partial charge in [-0.2, -0.15) is 0 Å². The van der Waals surface area contributed by atoms with Crippen LogP contribution < -0.4 is 0 Å². The number of halogens is 2. The van der Waals surface area contributed by atoms with Crippen molar-refractivity contribution in [3.8, 4) is 0 Å². The van der Waals surface area contributed by atoms with Gasteiger partial charge in [0.05, 0.1) is 34.7 Å². The molecular weight excluding hydrogens is 359 g/mol. The Labute approximate surface area is 136 Å². The third kappa shape index (κ3) is 4.76. The summed E-state index contributed by atoms with van der Waals surface area (Å²) in [5, 5.41) is 0. The molecule has 21 heavy (non-hydrogen) atoms. The Kier molecular flexibility index (Phi) is 6.57. The summed E-state index contributed by atoms with van der Waals surface area (Å²) in [6.07, 6.45) is 3.40. The van der Waals surface area contributed by atoms with E-state index in [4.69, 9.17) is 0 Å².